The number of nitrogens with zero attached hydrogens (tertiary/aromatic N) is 3. The number of rotatable bonds is 5. The maximum absolute atomic E-state index is 12.0. The molecule has 0 atom stereocenters. The third-order valence-electron chi connectivity index (χ3n) is 4.07. The SMILES string of the molecule is O=C(CC1(O)CCCC1)Nc1ncn(Cc2ccc(Cl)cc2)n1. The summed E-state index contributed by atoms with van der Waals surface area (Å²) in [5, 5.41) is 17.8. The Hall–Kier alpha value is -1.92. The van der Waals surface area contributed by atoms with Gasteiger partial charge in [-0.15, -0.1) is 5.10 Å². The molecule has 6 nitrogen and oxygen atoms in total. The van der Waals surface area contributed by atoms with Gasteiger partial charge in [0.2, 0.25) is 11.9 Å². The molecule has 3 rings (SSSR count). The Morgan fingerprint density at radius 3 is 2.70 bits per heavy atom. The van der Waals surface area contributed by atoms with Gasteiger partial charge in [-0.1, -0.05) is 36.6 Å². The average Bonchev–Trinajstić information content (AvgIpc) is 3.11. The normalized spacial score (nSPS) is 16.4. The molecule has 1 aromatic heterocycles. The molecule has 0 spiro atoms. The van der Waals surface area contributed by atoms with Crippen LogP contribution in [-0.4, -0.2) is 31.4 Å². The molecule has 1 aromatic carbocycles. The Balaban J connectivity index is 1.56. The highest BCUT2D eigenvalue weighted by Gasteiger charge is 2.33. The van der Waals surface area contributed by atoms with Crippen molar-refractivity contribution in [2.75, 3.05) is 5.32 Å². The van der Waals surface area contributed by atoms with Crippen molar-refractivity contribution >= 4 is 23.5 Å². The van der Waals surface area contributed by atoms with Crippen LogP contribution in [0.1, 0.15) is 37.7 Å². The number of halogens is 1. The molecule has 0 unspecified atom stereocenters. The number of hydrogen-bond acceptors (Lipinski definition) is 4. The van der Waals surface area contributed by atoms with Crippen LogP contribution >= 0.6 is 11.6 Å². The zero-order valence-corrected chi connectivity index (χ0v) is 13.5. The predicted molar refractivity (Wildman–Crippen MR) is 87.2 cm³/mol. The van der Waals surface area contributed by atoms with Crippen molar-refractivity contribution in [3.63, 3.8) is 0 Å². The maximum Gasteiger partial charge on any atom is 0.248 e. The predicted octanol–water partition coefficient (Wildman–Crippen LogP) is 2.61. The van der Waals surface area contributed by atoms with Crippen molar-refractivity contribution in [1.82, 2.24) is 14.8 Å². The summed E-state index contributed by atoms with van der Waals surface area (Å²) in [7, 11) is 0. The lowest BCUT2D eigenvalue weighted by molar-refractivity contribution is -0.120. The van der Waals surface area contributed by atoms with Gasteiger partial charge in [-0.05, 0) is 30.5 Å². The van der Waals surface area contributed by atoms with Crippen LogP contribution in [-0.2, 0) is 11.3 Å². The maximum atomic E-state index is 12.0. The summed E-state index contributed by atoms with van der Waals surface area (Å²) in [6.07, 6.45) is 4.96. The number of carbonyl (C=O) groups is 1. The topological polar surface area (TPSA) is 80.0 Å². The number of nitrogens with one attached hydrogen (secondary N) is 1. The number of amides is 1. The van der Waals surface area contributed by atoms with Crippen molar-refractivity contribution in [2.24, 2.45) is 0 Å². The lowest BCUT2D eigenvalue weighted by Gasteiger charge is -2.20. The zero-order valence-electron chi connectivity index (χ0n) is 12.7. The molecule has 1 heterocycles. The number of carbonyl (C=O) groups excluding carboxylic acids is 1. The molecular formula is C16H19ClN4O2. The average molecular weight is 335 g/mol. The summed E-state index contributed by atoms with van der Waals surface area (Å²) in [5.74, 6) is 0.00389. The molecule has 0 saturated heterocycles. The molecule has 1 amide bonds. The number of aliphatic hydroxyl groups is 1. The van der Waals surface area contributed by atoms with Gasteiger partial charge in [-0.3, -0.25) is 10.1 Å². The highest BCUT2D eigenvalue weighted by molar-refractivity contribution is 6.30. The highest BCUT2D eigenvalue weighted by Crippen LogP contribution is 2.32. The Kier molecular flexibility index (Phi) is 4.63. The van der Waals surface area contributed by atoms with Gasteiger partial charge < -0.3 is 5.11 Å². The van der Waals surface area contributed by atoms with E-state index in [1.807, 2.05) is 24.3 Å². The van der Waals surface area contributed by atoms with Crippen LogP contribution in [0.15, 0.2) is 30.6 Å². The fourth-order valence-electron chi connectivity index (χ4n) is 2.88. The van der Waals surface area contributed by atoms with Crippen LogP contribution < -0.4 is 5.32 Å². The number of benzene rings is 1. The molecule has 7 heteroatoms. The zero-order chi connectivity index (χ0) is 16.3. The first-order valence-electron chi connectivity index (χ1n) is 7.69. The van der Waals surface area contributed by atoms with Crippen LogP contribution in [0, 0.1) is 0 Å². The second kappa shape index (κ2) is 6.68. The largest absolute Gasteiger partial charge is 0.389 e. The standard InChI is InChI=1S/C16H19ClN4O2/c17-13-5-3-12(4-6-13)10-21-11-18-15(20-21)19-14(22)9-16(23)7-1-2-8-16/h3-6,11,23H,1-2,7-10H2,(H,19,20,22). The van der Waals surface area contributed by atoms with E-state index < -0.39 is 5.60 Å². The van der Waals surface area contributed by atoms with Gasteiger partial charge in [-0.2, -0.15) is 0 Å². The van der Waals surface area contributed by atoms with Gasteiger partial charge >= 0.3 is 0 Å². The van der Waals surface area contributed by atoms with Crippen molar-refractivity contribution in [3.05, 3.63) is 41.2 Å². The molecule has 1 aliphatic rings. The summed E-state index contributed by atoms with van der Waals surface area (Å²) in [6, 6.07) is 7.47. The summed E-state index contributed by atoms with van der Waals surface area (Å²) < 4.78 is 1.64. The summed E-state index contributed by atoms with van der Waals surface area (Å²) in [5.41, 5.74) is 0.174. The van der Waals surface area contributed by atoms with Crippen LogP contribution in [0.5, 0.6) is 0 Å². The van der Waals surface area contributed by atoms with E-state index in [0.717, 1.165) is 18.4 Å². The van der Waals surface area contributed by atoms with Gasteiger partial charge in [0, 0.05) is 5.02 Å². The van der Waals surface area contributed by atoms with Crippen LogP contribution in [0.3, 0.4) is 0 Å². The molecular weight excluding hydrogens is 316 g/mol. The third-order valence-corrected chi connectivity index (χ3v) is 4.32. The number of aromatic nitrogens is 3. The Morgan fingerprint density at radius 2 is 2.00 bits per heavy atom. The van der Waals surface area contributed by atoms with E-state index in [1.165, 1.54) is 0 Å². The molecule has 23 heavy (non-hydrogen) atoms. The van der Waals surface area contributed by atoms with Crippen LogP contribution in [0.2, 0.25) is 5.02 Å². The fourth-order valence-corrected chi connectivity index (χ4v) is 3.01. The van der Waals surface area contributed by atoms with Crippen LogP contribution in [0.4, 0.5) is 5.95 Å². The number of anilines is 1. The summed E-state index contributed by atoms with van der Waals surface area (Å²) in [4.78, 5) is 16.1. The minimum atomic E-state index is -0.865. The van der Waals surface area contributed by atoms with Crippen molar-refractivity contribution in [1.29, 1.82) is 0 Å². The van der Waals surface area contributed by atoms with E-state index in [9.17, 15) is 9.90 Å². The minimum Gasteiger partial charge on any atom is -0.389 e. The van der Waals surface area contributed by atoms with Crippen LogP contribution in [0.25, 0.3) is 0 Å². The quantitative estimate of drug-likeness (QED) is 0.880. The molecule has 122 valence electrons. The second-order valence-corrected chi connectivity index (χ2v) is 6.49. The first kappa shape index (κ1) is 16.0. The first-order chi connectivity index (χ1) is 11.0. The van der Waals surface area contributed by atoms with Gasteiger partial charge in [0.05, 0.1) is 18.6 Å². The van der Waals surface area contributed by atoms with E-state index in [4.69, 9.17) is 11.6 Å². The molecule has 2 N–H and O–H groups in total. The van der Waals surface area contributed by atoms with Gasteiger partial charge in [0.1, 0.15) is 6.33 Å². The minimum absolute atomic E-state index is 0.0960. The monoisotopic (exact) mass is 334 g/mol. The van der Waals surface area contributed by atoms with Gasteiger partial charge in [0.25, 0.3) is 0 Å². The summed E-state index contributed by atoms with van der Waals surface area (Å²) >= 11 is 5.85. The number of hydrogen-bond donors (Lipinski definition) is 2. The van der Waals surface area contributed by atoms with Gasteiger partial charge in [0.15, 0.2) is 0 Å². The molecule has 0 aliphatic heterocycles. The highest BCUT2D eigenvalue weighted by atomic mass is 35.5. The van der Waals surface area contributed by atoms with Crippen molar-refractivity contribution < 1.29 is 9.90 Å². The summed E-state index contributed by atoms with van der Waals surface area (Å²) in [6.45, 7) is 0.546. The molecule has 1 fully saturated rings. The first-order valence-corrected chi connectivity index (χ1v) is 8.06. The van der Waals surface area contributed by atoms with E-state index in [1.54, 1.807) is 11.0 Å². The van der Waals surface area contributed by atoms with E-state index in [-0.39, 0.29) is 18.3 Å². The Bertz CT molecular complexity index is 678. The molecule has 2 aromatic rings. The van der Waals surface area contributed by atoms with Crippen molar-refractivity contribution in [3.8, 4) is 0 Å². The molecule has 1 aliphatic carbocycles. The third kappa shape index (κ3) is 4.30. The lowest BCUT2D eigenvalue weighted by Crippen LogP contribution is -2.31. The van der Waals surface area contributed by atoms with E-state index in [2.05, 4.69) is 15.4 Å². The molecule has 0 bridgehead atoms. The van der Waals surface area contributed by atoms with E-state index in [0.29, 0.717) is 24.4 Å². The van der Waals surface area contributed by atoms with Crippen molar-refractivity contribution in [2.45, 2.75) is 44.2 Å². The van der Waals surface area contributed by atoms with Gasteiger partial charge in [-0.25, -0.2) is 9.67 Å². The Labute approximate surface area is 139 Å². The van der Waals surface area contributed by atoms with E-state index >= 15 is 0 Å². The molecule has 0 radical (unpaired) electrons. The fraction of sp³-hybridized carbons (Fsp3) is 0.438. The lowest BCUT2D eigenvalue weighted by atomic mass is 9.98. The smallest absolute Gasteiger partial charge is 0.248 e. The Morgan fingerprint density at radius 1 is 1.30 bits per heavy atom. The molecule has 1 saturated carbocycles. The second-order valence-electron chi connectivity index (χ2n) is 6.05.